The van der Waals surface area contributed by atoms with Gasteiger partial charge in [0.1, 0.15) is 0 Å². The van der Waals surface area contributed by atoms with Crippen molar-refractivity contribution in [2.45, 2.75) is 13.0 Å². The summed E-state index contributed by atoms with van der Waals surface area (Å²) >= 11 is 0. The number of amides is 1. The van der Waals surface area contributed by atoms with Gasteiger partial charge in [-0.3, -0.25) is 14.5 Å². The van der Waals surface area contributed by atoms with Gasteiger partial charge >= 0.3 is 0 Å². The highest BCUT2D eigenvalue weighted by Gasteiger charge is 2.28. The lowest BCUT2D eigenvalue weighted by Crippen LogP contribution is -2.35. The zero-order valence-corrected chi connectivity index (χ0v) is 11.4. The van der Waals surface area contributed by atoms with E-state index < -0.39 is 0 Å². The first-order chi connectivity index (χ1) is 9.72. The summed E-state index contributed by atoms with van der Waals surface area (Å²) in [4.78, 5) is 26.9. The quantitative estimate of drug-likeness (QED) is 0.766. The van der Waals surface area contributed by atoms with Gasteiger partial charge in [0.05, 0.1) is 26.2 Å². The number of carbonyl (C=O) groups excluding carboxylic acids is 2. The molecule has 20 heavy (non-hydrogen) atoms. The topological polar surface area (TPSA) is 49.9 Å². The summed E-state index contributed by atoms with van der Waals surface area (Å²) in [7, 11) is 0. The summed E-state index contributed by atoms with van der Waals surface area (Å²) in [6.07, 6.45) is 0.0372. The summed E-state index contributed by atoms with van der Waals surface area (Å²) in [5.41, 5.74) is 2.03. The Bertz CT molecular complexity index is 506. The molecule has 0 radical (unpaired) electrons. The highest BCUT2D eigenvalue weighted by atomic mass is 16.5. The zero-order valence-electron chi connectivity index (χ0n) is 11.4. The van der Waals surface area contributed by atoms with Crippen molar-refractivity contribution in [1.82, 2.24) is 4.90 Å². The summed E-state index contributed by atoms with van der Waals surface area (Å²) in [6, 6.07) is 7.90. The van der Waals surface area contributed by atoms with E-state index in [4.69, 9.17) is 4.74 Å². The van der Waals surface area contributed by atoms with Crippen molar-refractivity contribution in [3.05, 3.63) is 29.8 Å². The van der Waals surface area contributed by atoms with Crippen molar-refractivity contribution >= 4 is 17.4 Å². The van der Waals surface area contributed by atoms with Crippen molar-refractivity contribution in [2.75, 3.05) is 37.7 Å². The van der Waals surface area contributed by atoms with Crippen LogP contribution in [0.25, 0.3) is 0 Å². The summed E-state index contributed by atoms with van der Waals surface area (Å²) in [6.45, 7) is 4.62. The Morgan fingerprint density at radius 1 is 1.05 bits per heavy atom. The number of anilines is 1. The number of carbonyl (C=O) groups is 2. The number of hydrogen-bond donors (Lipinski definition) is 0. The fourth-order valence-electron chi connectivity index (χ4n) is 2.62. The maximum absolute atomic E-state index is 11.7. The molecule has 0 aliphatic carbocycles. The third-order valence-corrected chi connectivity index (χ3v) is 3.74. The van der Waals surface area contributed by atoms with Crippen LogP contribution in [0.15, 0.2) is 24.3 Å². The Hall–Kier alpha value is -1.72. The van der Waals surface area contributed by atoms with Gasteiger partial charge < -0.3 is 9.64 Å². The number of hydrogen-bond acceptors (Lipinski definition) is 4. The van der Waals surface area contributed by atoms with E-state index in [0.717, 1.165) is 38.5 Å². The second kappa shape index (κ2) is 5.73. The minimum Gasteiger partial charge on any atom is -0.379 e. The number of ketones is 1. The van der Waals surface area contributed by atoms with E-state index in [1.807, 2.05) is 24.3 Å². The summed E-state index contributed by atoms with van der Waals surface area (Å²) in [5, 5.41) is 0. The van der Waals surface area contributed by atoms with Crippen LogP contribution >= 0.6 is 0 Å². The van der Waals surface area contributed by atoms with Crippen molar-refractivity contribution in [1.29, 1.82) is 0 Å². The lowest BCUT2D eigenvalue weighted by atomic mass is 10.2. The molecule has 1 amide bonds. The van der Waals surface area contributed by atoms with Gasteiger partial charge in [0.15, 0.2) is 5.78 Å². The molecule has 0 bridgehead atoms. The molecule has 3 rings (SSSR count). The molecule has 5 nitrogen and oxygen atoms in total. The second-order valence-electron chi connectivity index (χ2n) is 5.25. The molecule has 2 fully saturated rings. The van der Waals surface area contributed by atoms with Crippen LogP contribution in [0.4, 0.5) is 5.69 Å². The maximum atomic E-state index is 11.7. The van der Waals surface area contributed by atoms with Crippen LogP contribution in [-0.2, 0) is 20.9 Å². The molecule has 0 atom stereocenters. The van der Waals surface area contributed by atoms with Crippen LogP contribution < -0.4 is 4.90 Å². The highest BCUT2D eigenvalue weighted by molar-refractivity contribution is 6.14. The first-order valence-corrected chi connectivity index (χ1v) is 6.93. The lowest BCUT2D eigenvalue weighted by Gasteiger charge is -2.26. The first kappa shape index (κ1) is 13.3. The summed E-state index contributed by atoms with van der Waals surface area (Å²) < 4.78 is 5.33. The predicted molar refractivity (Wildman–Crippen MR) is 74.5 cm³/mol. The molecule has 1 aromatic rings. The van der Waals surface area contributed by atoms with Gasteiger partial charge in [-0.05, 0) is 17.7 Å². The number of ether oxygens (including phenoxy) is 1. The molecule has 2 aliphatic rings. The van der Waals surface area contributed by atoms with Crippen molar-refractivity contribution < 1.29 is 14.3 Å². The van der Waals surface area contributed by atoms with Gasteiger partial charge in [-0.1, -0.05) is 12.1 Å². The van der Waals surface area contributed by atoms with Gasteiger partial charge in [-0.15, -0.1) is 0 Å². The van der Waals surface area contributed by atoms with E-state index in [1.54, 1.807) is 4.90 Å². The largest absolute Gasteiger partial charge is 0.379 e. The van der Waals surface area contributed by atoms with E-state index in [9.17, 15) is 9.59 Å². The second-order valence-corrected chi connectivity index (χ2v) is 5.25. The van der Waals surface area contributed by atoms with Crippen LogP contribution in [0.3, 0.4) is 0 Å². The molecule has 0 N–H and O–H groups in total. The molecule has 0 spiro atoms. The normalized spacial score (nSPS) is 20.7. The molecule has 5 heteroatoms. The van der Waals surface area contributed by atoms with Crippen LogP contribution in [0, 0.1) is 0 Å². The molecule has 0 saturated carbocycles. The predicted octanol–water partition coefficient (Wildman–Crippen LogP) is 0.825. The Kier molecular flexibility index (Phi) is 3.80. The van der Waals surface area contributed by atoms with Crippen LogP contribution in [0.1, 0.15) is 12.0 Å². The third-order valence-electron chi connectivity index (χ3n) is 3.74. The van der Waals surface area contributed by atoms with Crippen LogP contribution in [-0.4, -0.2) is 49.4 Å². The zero-order chi connectivity index (χ0) is 13.9. The van der Waals surface area contributed by atoms with E-state index in [2.05, 4.69) is 4.90 Å². The van der Waals surface area contributed by atoms with Crippen LogP contribution in [0.5, 0.6) is 0 Å². The fraction of sp³-hybridized carbons (Fsp3) is 0.467. The fourth-order valence-corrected chi connectivity index (χ4v) is 2.62. The number of benzene rings is 1. The average molecular weight is 274 g/mol. The average Bonchev–Trinajstić information content (AvgIpc) is 2.80. The van der Waals surface area contributed by atoms with Gasteiger partial charge in [-0.25, -0.2) is 0 Å². The number of morpholine rings is 1. The minimum atomic E-state index is -0.101. The molecule has 2 aliphatic heterocycles. The molecule has 2 heterocycles. The van der Waals surface area contributed by atoms with Gasteiger partial charge in [0, 0.05) is 25.3 Å². The van der Waals surface area contributed by atoms with E-state index in [-0.39, 0.29) is 24.7 Å². The minimum absolute atomic E-state index is 0.00704. The first-order valence-electron chi connectivity index (χ1n) is 6.93. The smallest absolute Gasteiger partial charge is 0.234 e. The molecule has 1 aromatic carbocycles. The van der Waals surface area contributed by atoms with E-state index >= 15 is 0 Å². The molecular formula is C15H18N2O3. The van der Waals surface area contributed by atoms with Crippen molar-refractivity contribution in [2.24, 2.45) is 0 Å². The van der Waals surface area contributed by atoms with Crippen molar-refractivity contribution in [3.63, 3.8) is 0 Å². The molecule has 106 valence electrons. The van der Waals surface area contributed by atoms with Gasteiger partial charge in [0.25, 0.3) is 0 Å². The summed E-state index contributed by atoms with van der Waals surface area (Å²) in [5.74, 6) is -0.108. The molecule has 0 unspecified atom stereocenters. The Labute approximate surface area is 118 Å². The highest BCUT2D eigenvalue weighted by Crippen LogP contribution is 2.20. The van der Waals surface area contributed by atoms with Crippen molar-refractivity contribution in [3.8, 4) is 0 Å². The molecule has 2 saturated heterocycles. The number of Topliss-reactive ketones (excluding diaryl/α,β-unsaturated/α-hetero) is 1. The molecular weight excluding hydrogens is 256 g/mol. The lowest BCUT2D eigenvalue weighted by molar-refractivity contribution is -0.121. The monoisotopic (exact) mass is 274 g/mol. The standard InChI is InChI=1S/C15H18N2O3/c18-14-9-15(19)17(11-14)13-3-1-12(2-4-13)10-16-5-7-20-8-6-16/h1-4H,5-11H2. The Morgan fingerprint density at radius 2 is 1.75 bits per heavy atom. The van der Waals surface area contributed by atoms with Gasteiger partial charge in [-0.2, -0.15) is 0 Å². The Morgan fingerprint density at radius 3 is 2.35 bits per heavy atom. The molecule has 0 aromatic heterocycles. The number of nitrogens with zero attached hydrogens (tertiary/aromatic N) is 2. The number of rotatable bonds is 3. The third kappa shape index (κ3) is 2.89. The van der Waals surface area contributed by atoms with E-state index in [1.165, 1.54) is 5.56 Å². The van der Waals surface area contributed by atoms with Gasteiger partial charge in [0.2, 0.25) is 5.91 Å². The SMILES string of the molecule is O=C1CC(=O)N(c2ccc(CN3CCOCC3)cc2)C1. The van der Waals surface area contributed by atoms with E-state index in [0.29, 0.717) is 0 Å². The maximum Gasteiger partial charge on any atom is 0.234 e. The van der Waals surface area contributed by atoms with Crippen LogP contribution in [0.2, 0.25) is 0 Å². The Balaban J connectivity index is 1.65.